The number of benzene rings is 1. The summed E-state index contributed by atoms with van der Waals surface area (Å²) in [7, 11) is 0. The number of nitrogens with one attached hydrogen (secondary N) is 2. The molecule has 2 N–H and O–H groups in total. The van der Waals surface area contributed by atoms with Crippen molar-refractivity contribution in [2.24, 2.45) is 0 Å². The van der Waals surface area contributed by atoms with E-state index >= 15 is 0 Å². The molecule has 0 spiro atoms. The van der Waals surface area contributed by atoms with Crippen molar-refractivity contribution in [1.82, 2.24) is 10.9 Å². The van der Waals surface area contributed by atoms with Gasteiger partial charge in [0.25, 0.3) is 5.91 Å². The predicted octanol–water partition coefficient (Wildman–Crippen LogP) is 4.53. The van der Waals surface area contributed by atoms with Gasteiger partial charge in [0.05, 0.1) is 5.02 Å². The lowest BCUT2D eigenvalue weighted by Gasteiger charge is -2.04. The molecule has 0 unspecified atom stereocenters. The SMILES string of the molecule is O=C(NNC(=O)c1sc2cc(Cl)ccc2c1Cl)c1ccc(Cl)o1. The van der Waals surface area contributed by atoms with Crippen LogP contribution in [0.25, 0.3) is 10.1 Å². The van der Waals surface area contributed by atoms with Crippen molar-refractivity contribution in [1.29, 1.82) is 0 Å². The lowest BCUT2D eigenvalue weighted by atomic mass is 10.2. The first kappa shape index (κ1) is 16.1. The van der Waals surface area contributed by atoms with Crippen molar-refractivity contribution in [3.63, 3.8) is 0 Å². The molecule has 5 nitrogen and oxygen atoms in total. The van der Waals surface area contributed by atoms with Crippen molar-refractivity contribution in [2.45, 2.75) is 0 Å². The predicted molar refractivity (Wildman–Crippen MR) is 90.5 cm³/mol. The lowest BCUT2D eigenvalue weighted by Crippen LogP contribution is -2.41. The summed E-state index contributed by atoms with van der Waals surface area (Å²) in [5.41, 5.74) is 4.50. The molecule has 3 rings (SSSR count). The molecule has 1 aromatic carbocycles. The number of carbonyl (C=O) groups is 2. The summed E-state index contributed by atoms with van der Waals surface area (Å²) in [5, 5.41) is 1.64. The van der Waals surface area contributed by atoms with Gasteiger partial charge in [0, 0.05) is 15.1 Å². The van der Waals surface area contributed by atoms with Crippen LogP contribution in [0.2, 0.25) is 15.3 Å². The van der Waals surface area contributed by atoms with E-state index in [1.807, 2.05) is 0 Å². The maximum Gasteiger partial charge on any atom is 0.305 e. The van der Waals surface area contributed by atoms with E-state index in [2.05, 4.69) is 10.9 Å². The fourth-order valence-corrected chi connectivity index (χ4v) is 3.69. The van der Waals surface area contributed by atoms with Gasteiger partial charge in [0.15, 0.2) is 11.0 Å². The normalized spacial score (nSPS) is 10.7. The zero-order valence-corrected chi connectivity index (χ0v) is 14.2. The molecule has 9 heteroatoms. The highest BCUT2D eigenvalue weighted by Crippen LogP contribution is 2.36. The van der Waals surface area contributed by atoms with Gasteiger partial charge in [-0.25, -0.2) is 0 Å². The first-order chi connectivity index (χ1) is 11.0. The van der Waals surface area contributed by atoms with E-state index < -0.39 is 11.8 Å². The van der Waals surface area contributed by atoms with E-state index in [9.17, 15) is 9.59 Å². The number of rotatable bonds is 2. The average molecular weight is 390 g/mol. The Kier molecular flexibility index (Phi) is 4.50. The van der Waals surface area contributed by atoms with Crippen LogP contribution in [0, 0.1) is 0 Å². The molecule has 0 fully saturated rings. The van der Waals surface area contributed by atoms with E-state index in [0.717, 1.165) is 10.1 Å². The van der Waals surface area contributed by atoms with Gasteiger partial charge in [-0.1, -0.05) is 29.3 Å². The van der Waals surface area contributed by atoms with Crippen molar-refractivity contribution >= 4 is 68.0 Å². The van der Waals surface area contributed by atoms with E-state index in [0.29, 0.717) is 10.0 Å². The van der Waals surface area contributed by atoms with Crippen LogP contribution in [0.3, 0.4) is 0 Å². The molecule has 0 radical (unpaired) electrons. The minimum absolute atomic E-state index is 0.0236. The molecule has 0 aliphatic rings. The van der Waals surface area contributed by atoms with Crippen LogP contribution in [-0.4, -0.2) is 11.8 Å². The Bertz CT molecular complexity index is 919. The molecule has 2 heterocycles. The largest absolute Gasteiger partial charge is 0.439 e. The van der Waals surface area contributed by atoms with Crippen LogP contribution in [0.5, 0.6) is 0 Å². The molecule has 2 aromatic heterocycles. The number of hydrogen-bond donors (Lipinski definition) is 2. The topological polar surface area (TPSA) is 71.3 Å². The molecule has 3 aromatic rings. The summed E-state index contributed by atoms with van der Waals surface area (Å²) < 4.78 is 5.71. The van der Waals surface area contributed by atoms with Gasteiger partial charge < -0.3 is 4.42 Å². The molecule has 23 heavy (non-hydrogen) atoms. The second-order valence-electron chi connectivity index (χ2n) is 4.40. The quantitative estimate of drug-likeness (QED) is 0.633. The van der Waals surface area contributed by atoms with Gasteiger partial charge in [-0.3, -0.25) is 20.4 Å². The number of hydrogen-bond acceptors (Lipinski definition) is 4. The third-order valence-corrected chi connectivity index (χ3v) is 4.98. The molecule has 2 amide bonds. The van der Waals surface area contributed by atoms with Crippen molar-refractivity contribution in [3.05, 3.63) is 56.2 Å². The zero-order valence-electron chi connectivity index (χ0n) is 11.2. The van der Waals surface area contributed by atoms with Crippen molar-refractivity contribution < 1.29 is 14.0 Å². The summed E-state index contributed by atoms with van der Waals surface area (Å²) in [6.07, 6.45) is 0. The Labute approximate surface area is 149 Å². The van der Waals surface area contributed by atoms with Crippen molar-refractivity contribution in [2.75, 3.05) is 0 Å². The Morgan fingerprint density at radius 1 is 1.00 bits per heavy atom. The molecule has 0 bridgehead atoms. The maximum absolute atomic E-state index is 12.2. The summed E-state index contributed by atoms with van der Waals surface area (Å²) in [6.45, 7) is 0. The maximum atomic E-state index is 12.2. The smallest absolute Gasteiger partial charge is 0.305 e. The first-order valence-electron chi connectivity index (χ1n) is 6.19. The number of amides is 2. The Morgan fingerprint density at radius 3 is 2.43 bits per heavy atom. The Balaban J connectivity index is 1.76. The first-order valence-corrected chi connectivity index (χ1v) is 8.14. The van der Waals surface area contributed by atoms with Crippen LogP contribution < -0.4 is 10.9 Å². The van der Waals surface area contributed by atoms with Gasteiger partial charge in [0.2, 0.25) is 0 Å². The standard InChI is InChI=1S/C14H7Cl3N2O3S/c15-6-1-2-7-9(5-6)23-12(11(7)17)14(21)19-18-13(20)8-3-4-10(16)22-8/h1-5H,(H,18,20)(H,19,21). The highest BCUT2D eigenvalue weighted by molar-refractivity contribution is 7.21. The highest BCUT2D eigenvalue weighted by Gasteiger charge is 2.18. The van der Waals surface area contributed by atoms with Crippen molar-refractivity contribution in [3.8, 4) is 0 Å². The fraction of sp³-hybridized carbons (Fsp3) is 0. The third kappa shape index (κ3) is 3.30. The van der Waals surface area contributed by atoms with Crippen LogP contribution in [-0.2, 0) is 0 Å². The monoisotopic (exact) mass is 388 g/mol. The van der Waals surface area contributed by atoms with Gasteiger partial charge in [-0.2, -0.15) is 0 Å². The number of fused-ring (bicyclic) bond motifs is 1. The average Bonchev–Trinajstić information content (AvgIpc) is 3.08. The van der Waals surface area contributed by atoms with E-state index in [4.69, 9.17) is 39.2 Å². The molecule has 0 aliphatic heterocycles. The molecule has 0 saturated heterocycles. The molecule has 118 valence electrons. The van der Waals surface area contributed by atoms with Gasteiger partial charge >= 0.3 is 5.91 Å². The number of hydrazine groups is 1. The molecule has 0 atom stereocenters. The summed E-state index contributed by atoms with van der Waals surface area (Å²) in [5.74, 6) is -1.20. The van der Waals surface area contributed by atoms with E-state index in [-0.39, 0.29) is 15.9 Å². The third-order valence-electron chi connectivity index (χ3n) is 2.88. The van der Waals surface area contributed by atoms with Crippen LogP contribution in [0.4, 0.5) is 0 Å². The van der Waals surface area contributed by atoms with Crippen LogP contribution >= 0.6 is 46.1 Å². The minimum Gasteiger partial charge on any atom is -0.439 e. The van der Waals surface area contributed by atoms with Gasteiger partial charge in [0.1, 0.15) is 4.88 Å². The fourth-order valence-electron chi connectivity index (χ4n) is 1.85. The summed E-state index contributed by atoms with van der Waals surface area (Å²) in [4.78, 5) is 24.2. The number of thiophene rings is 1. The number of halogens is 3. The summed E-state index contributed by atoms with van der Waals surface area (Å²) in [6, 6.07) is 7.94. The highest BCUT2D eigenvalue weighted by atomic mass is 35.5. The Morgan fingerprint density at radius 2 is 1.74 bits per heavy atom. The van der Waals surface area contributed by atoms with Crippen LogP contribution in [0.15, 0.2) is 34.7 Å². The van der Waals surface area contributed by atoms with Gasteiger partial charge in [-0.15, -0.1) is 11.3 Å². The molecule has 0 aliphatic carbocycles. The zero-order chi connectivity index (χ0) is 16.6. The molecular weight excluding hydrogens is 383 g/mol. The number of carbonyl (C=O) groups excluding carboxylic acids is 2. The second-order valence-corrected chi connectivity index (χ2v) is 6.64. The minimum atomic E-state index is -0.634. The summed E-state index contributed by atoms with van der Waals surface area (Å²) >= 11 is 18.9. The van der Waals surface area contributed by atoms with Crippen LogP contribution in [0.1, 0.15) is 20.2 Å². The number of furan rings is 1. The van der Waals surface area contributed by atoms with Gasteiger partial charge in [-0.05, 0) is 35.9 Å². The van der Waals surface area contributed by atoms with E-state index in [1.54, 1.807) is 18.2 Å². The Hall–Kier alpha value is -1.73. The lowest BCUT2D eigenvalue weighted by molar-refractivity contribution is 0.0833. The molecule has 0 saturated carbocycles. The van der Waals surface area contributed by atoms with E-state index in [1.165, 1.54) is 23.5 Å². The second kappa shape index (κ2) is 6.41. The molecular formula is C14H7Cl3N2O3S.